The van der Waals surface area contributed by atoms with Gasteiger partial charge in [0.25, 0.3) is 0 Å². The zero-order valence-corrected chi connectivity index (χ0v) is 28.8. The molecule has 8 rings (SSSR count). The number of ether oxygens (including phenoxy) is 1. The van der Waals surface area contributed by atoms with Crippen molar-refractivity contribution in [2.24, 2.45) is 0 Å². The highest BCUT2D eigenvalue weighted by atomic mass is 16.5. The minimum atomic E-state index is -0.632. The van der Waals surface area contributed by atoms with Gasteiger partial charge in [-0.3, -0.25) is 0 Å². The number of fused-ring (bicyclic) bond motifs is 16. The van der Waals surface area contributed by atoms with Crippen LogP contribution in [0.2, 0.25) is 0 Å². The van der Waals surface area contributed by atoms with Gasteiger partial charge in [0, 0.05) is 60.4 Å². The lowest BCUT2D eigenvalue weighted by Gasteiger charge is -2.43. The van der Waals surface area contributed by atoms with E-state index in [2.05, 4.69) is 178 Å². The summed E-state index contributed by atoms with van der Waals surface area (Å²) >= 11 is 0. The maximum atomic E-state index is 6.87. The predicted octanol–water partition coefficient (Wildman–Crippen LogP) is 9.27. The van der Waals surface area contributed by atoms with E-state index in [1.165, 1.54) is 44.8 Å². The van der Waals surface area contributed by atoms with Gasteiger partial charge >= 0.3 is 0 Å². The molecule has 0 aliphatic carbocycles. The van der Waals surface area contributed by atoms with E-state index in [9.17, 15) is 0 Å². The second-order valence-electron chi connectivity index (χ2n) is 15.7. The van der Waals surface area contributed by atoms with Crippen LogP contribution in [0.5, 0.6) is 11.5 Å². The van der Waals surface area contributed by atoms with E-state index in [1.807, 2.05) is 0 Å². The lowest BCUT2D eigenvalue weighted by Crippen LogP contribution is -2.40. The van der Waals surface area contributed by atoms with E-state index in [1.54, 1.807) is 0 Å². The van der Waals surface area contributed by atoms with E-state index in [4.69, 9.17) is 4.74 Å². The van der Waals surface area contributed by atoms with Crippen molar-refractivity contribution in [2.75, 3.05) is 29.6 Å². The summed E-state index contributed by atoms with van der Waals surface area (Å²) in [5.74, 6) is 1.83. The largest absolute Gasteiger partial charge is 0.457 e. The highest BCUT2D eigenvalue weighted by molar-refractivity contribution is 5.73. The zero-order valence-electron chi connectivity index (χ0n) is 28.8. The fraction of sp³-hybridized carbons (Fsp3) is 0.333. The third-order valence-electron chi connectivity index (χ3n) is 10.6. The first kappa shape index (κ1) is 29.7. The molecule has 1 spiro atoms. The van der Waals surface area contributed by atoms with Crippen molar-refractivity contribution in [3.63, 3.8) is 0 Å². The second kappa shape index (κ2) is 10.4. The highest BCUT2D eigenvalue weighted by Gasteiger charge is 2.47. The Kier molecular flexibility index (Phi) is 6.60. The second-order valence-corrected chi connectivity index (χ2v) is 15.7. The monoisotopic (exact) mass is 622 g/mol. The molecular formula is C42H46N4O. The van der Waals surface area contributed by atoms with Crippen molar-refractivity contribution < 1.29 is 4.74 Å². The van der Waals surface area contributed by atoms with Crippen LogP contribution in [-0.2, 0) is 16.2 Å². The van der Waals surface area contributed by atoms with Crippen LogP contribution in [0.3, 0.4) is 0 Å². The molecule has 4 aliphatic rings. The van der Waals surface area contributed by atoms with E-state index >= 15 is 0 Å². The minimum Gasteiger partial charge on any atom is -0.457 e. The molecule has 240 valence electrons. The average molecular weight is 623 g/mol. The number of benzene rings is 4. The van der Waals surface area contributed by atoms with Gasteiger partial charge in [-0.15, -0.1) is 0 Å². The molecule has 0 aromatic heterocycles. The van der Waals surface area contributed by atoms with Crippen LogP contribution in [0.25, 0.3) is 0 Å². The van der Waals surface area contributed by atoms with Crippen LogP contribution in [0.4, 0.5) is 11.4 Å². The van der Waals surface area contributed by atoms with Crippen LogP contribution < -0.4 is 14.5 Å². The van der Waals surface area contributed by atoms with Crippen molar-refractivity contribution >= 4 is 11.4 Å². The normalized spacial score (nSPS) is 19.3. The van der Waals surface area contributed by atoms with Gasteiger partial charge in [0.05, 0.1) is 12.1 Å². The van der Waals surface area contributed by atoms with Crippen LogP contribution in [0, 0.1) is 0 Å². The Hall–Kier alpha value is -4.64. The third kappa shape index (κ3) is 4.73. The smallest absolute Gasteiger partial charge is 0.132 e. The average Bonchev–Trinajstić information content (AvgIpc) is 3.67. The third-order valence-corrected chi connectivity index (χ3v) is 10.6. The van der Waals surface area contributed by atoms with Gasteiger partial charge in [-0.1, -0.05) is 77.9 Å². The van der Waals surface area contributed by atoms with Crippen molar-refractivity contribution in [2.45, 2.75) is 70.9 Å². The molecule has 8 bridgehead atoms. The molecule has 4 aliphatic heterocycles. The van der Waals surface area contributed by atoms with Gasteiger partial charge in [0.2, 0.25) is 0 Å². The van der Waals surface area contributed by atoms with Crippen molar-refractivity contribution in [1.29, 1.82) is 0 Å². The number of anilines is 2. The molecule has 1 unspecified atom stereocenters. The van der Waals surface area contributed by atoms with Crippen LogP contribution in [0.1, 0.15) is 81.8 Å². The summed E-state index contributed by atoms with van der Waals surface area (Å²) in [5, 5.41) is 0. The van der Waals surface area contributed by atoms with Gasteiger partial charge in [0.1, 0.15) is 17.7 Å². The molecule has 0 saturated carbocycles. The number of nitrogens with zero attached hydrogens (tertiary/aromatic N) is 4. The van der Waals surface area contributed by atoms with Crippen molar-refractivity contribution in [3.05, 3.63) is 143 Å². The molecule has 4 aromatic carbocycles. The van der Waals surface area contributed by atoms with E-state index < -0.39 is 5.41 Å². The lowest BCUT2D eigenvalue weighted by molar-refractivity contribution is 0.275. The predicted molar refractivity (Wildman–Crippen MR) is 193 cm³/mol. The summed E-state index contributed by atoms with van der Waals surface area (Å²) in [6.45, 7) is 18.8. The first-order valence-corrected chi connectivity index (χ1v) is 17.0. The quantitative estimate of drug-likeness (QED) is 0.171. The molecule has 0 saturated heterocycles. The summed E-state index contributed by atoms with van der Waals surface area (Å²) in [6, 6.07) is 32.2. The van der Waals surface area contributed by atoms with Crippen molar-refractivity contribution in [1.82, 2.24) is 9.80 Å². The molecule has 1 atom stereocenters. The minimum absolute atomic E-state index is 0.0315. The SMILES string of the molecule is CC1N2C=CN1c1cccc(c1)C1(c3cccc(c3)N3C=CN(CC2)C3)c2cc(C(C)(C)C)ccc2Oc2ccc(C(C)(C)C)cc21. The van der Waals surface area contributed by atoms with E-state index in [-0.39, 0.29) is 17.0 Å². The molecule has 4 aromatic rings. The molecule has 47 heavy (non-hydrogen) atoms. The molecule has 5 nitrogen and oxygen atoms in total. The fourth-order valence-corrected chi connectivity index (χ4v) is 7.78. The molecular weight excluding hydrogens is 576 g/mol. The molecule has 0 radical (unpaired) electrons. The van der Waals surface area contributed by atoms with E-state index in [0.717, 1.165) is 31.3 Å². The molecule has 0 fully saturated rings. The van der Waals surface area contributed by atoms with Gasteiger partial charge in [0.15, 0.2) is 0 Å². The van der Waals surface area contributed by atoms with Crippen LogP contribution in [-0.4, -0.2) is 35.7 Å². The van der Waals surface area contributed by atoms with Crippen molar-refractivity contribution in [3.8, 4) is 11.5 Å². The molecule has 5 heteroatoms. The number of hydrogen-bond donors (Lipinski definition) is 0. The van der Waals surface area contributed by atoms with Gasteiger partial charge in [-0.25, -0.2) is 0 Å². The first-order valence-electron chi connectivity index (χ1n) is 17.0. The Morgan fingerprint density at radius 3 is 1.85 bits per heavy atom. The topological polar surface area (TPSA) is 22.2 Å². The lowest BCUT2D eigenvalue weighted by atomic mass is 9.62. The Morgan fingerprint density at radius 2 is 1.23 bits per heavy atom. The maximum absolute atomic E-state index is 6.87. The van der Waals surface area contributed by atoms with Gasteiger partial charge in [-0.2, -0.15) is 0 Å². The number of hydrogen-bond acceptors (Lipinski definition) is 5. The summed E-state index contributed by atoms with van der Waals surface area (Å²) in [7, 11) is 0. The molecule has 0 amide bonds. The summed E-state index contributed by atoms with van der Waals surface area (Å²) in [4.78, 5) is 9.65. The Morgan fingerprint density at radius 1 is 0.638 bits per heavy atom. The summed E-state index contributed by atoms with van der Waals surface area (Å²) in [6.07, 6.45) is 9.18. The van der Waals surface area contributed by atoms with Crippen LogP contribution >= 0.6 is 0 Å². The highest BCUT2D eigenvalue weighted by Crippen LogP contribution is 2.57. The Bertz CT molecular complexity index is 1860. The van der Waals surface area contributed by atoms with Crippen LogP contribution in [0.15, 0.2) is 110 Å². The van der Waals surface area contributed by atoms with Gasteiger partial charge in [-0.05, 0) is 88.5 Å². The molecule has 0 N–H and O–H groups in total. The zero-order chi connectivity index (χ0) is 32.7. The number of rotatable bonds is 0. The summed E-state index contributed by atoms with van der Waals surface area (Å²) < 4.78 is 6.87. The Labute approximate surface area is 280 Å². The fourth-order valence-electron chi connectivity index (χ4n) is 7.78. The molecule has 4 heterocycles. The Balaban J connectivity index is 1.50. The first-order chi connectivity index (χ1) is 22.4. The van der Waals surface area contributed by atoms with E-state index in [0.29, 0.717) is 0 Å². The standard InChI is InChI=1S/C42H46N4O/c1-29-44-20-18-43-19-21-45(28-43)34-12-8-10-32(24-34)42(33-11-9-13-35(25-33)46(29)23-22-44)36-26-30(40(2,3)4)14-16-38(36)47-39-17-15-31(27-37(39)42)41(5,6)7/h8-17,19,21-27,29H,18,20,28H2,1-7H3. The maximum Gasteiger partial charge on any atom is 0.132 e. The van der Waals surface area contributed by atoms with Gasteiger partial charge < -0.3 is 24.3 Å². The summed E-state index contributed by atoms with van der Waals surface area (Å²) in [5.41, 5.74) is 9.13.